The van der Waals surface area contributed by atoms with E-state index in [1.807, 2.05) is 36.1 Å². The molecule has 1 aromatic rings. The third-order valence-electron chi connectivity index (χ3n) is 4.05. The standard InChI is InChI=1S/C17H24N2O3/c1-3-16(20)18-14-8-10-19(11-9-14)17(21)12-13-4-6-15(22-2)7-5-13/h4-7,14H,3,8-12H2,1-2H3,(H,18,20). The monoisotopic (exact) mass is 304 g/mol. The Morgan fingerprint density at radius 3 is 2.41 bits per heavy atom. The SMILES string of the molecule is CCC(=O)NC1CCN(C(=O)Cc2ccc(OC)cc2)CC1. The van der Waals surface area contributed by atoms with Crippen LogP contribution in [0.2, 0.25) is 0 Å². The molecule has 1 heterocycles. The number of rotatable bonds is 5. The highest BCUT2D eigenvalue weighted by molar-refractivity contribution is 5.79. The van der Waals surface area contributed by atoms with Crippen LogP contribution in [0.25, 0.3) is 0 Å². The number of hydrogen-bond acceptors (Lipinski definition) is 3. The van der Waals surface area contributed by atoms with Gasteiger partial charge < -0.3 is 15.0 Å². The maximum atomic E-state index is 12.3. The summed E-state index contributed by atoms with van der Waals surface area (Å²) in [4.78, 5) is 25.6. The first-order valence-electron chi connectivity index (χ1n) is 7.82. The molecule has 2 amide bonds. The fraction of sp³-hybridized carbons (Fsp3) is 0.529. The summed E-state index contributed by atoms with van der Waals surface area (Å²) in [7, 11) is 1.63. The van der Waals surface area contributed by atoms with Crippen LogP contribution in [0.5, 0.6) is 5.75 Å². The first kappa shape index (κ1) is 16.3. The minimum Gasteiger partial charge on any atom is -0.497 e. The highest BCUT2D eigenvalue weighted by Crippen LogP contribution is 2.15. The van der Waals surface area contributed by atoms with Crippen molar-refractivity contribution in [3.63, 3.8) is 0 Å². The summed E-state index contributed by atoms with van der Waals surface area (Å²) in [6, 6.07) is 7.79. The molecule has 0 spiro atoms. The van der Waals surface area contributed by atoms with Crippen LogP contribution in [0, 0.1) is 0 Å². The van der Waals surface area contributed by atoms with Gasteiger partial charge >= 0.3 is 0 Å². The summed E-state index contributed by atoms with van der Waals surface area (Å²) < 4.78 is 5.11. The maximum Gasteiger partial charge on any atom is 0.226 e. The molecule has 0 unspecified atom stereocenters. The molecule has 1 saturated heterocycles. The Kier molecular flexibility index (Phi) is 5.81. The predicted molar refractivity (Wildman–Crippen MR) is 84.7 cm³/mol. The van der Waals surface area contributed by atoms with Crippen molar-refractivity contribution in [1.82, 2.24) is 10.2 Å². The average Bonchev–Trinajstić information content (AvgIpc) is 2.56. The molecule has 0 bridgehead atoms. The number of piperidine rings is 1. The molecular weight excluding hydrogens is 280 g/mol. The topological polar surface area (TPSA) is 58.6 Å². The summed E-state index contributed by atoms with van der Waals surface area (Å²) in [5.74, 6) is 1.03. The summed E-state index contributed by atoms with van der Waals surface area (Å²) in [5.41, 5.74) is 0.993. The van der Waals surface area contributed by atoms with E-state index in [1.54, 1.807) is 7.11 Å². The molecule has 5 nitrogen and oxygen atoms in total. The van der Waals surface area contributed by atoms with Crippen LogP contribution in [-0.2, 0) is 16.0 Å². The fourth-order valence-electron chi connectivity index (χ4n) is 2.63. The summed E-state index contributed by atoms with van der Waals surface area (Å²) in [5, 5.41) is 3.00. The number of carbonyl (C=O) groups is 2. The van der Waals surface area contributed by atoms with Crippen LogP contribution in [0.15, 0.2) is 24.3 Å². The second-order valence-corrected chi connectivity index (χ2v) is 5.60. The number of benzene rings is 1. The molecule has 0 aromatic heterocycles. The van der Waals surface area contributed by atoms with Crippen molar-refractivity contribution in [2.45, 2.75) is 38.6 Å². The molecule has 0 radical (unpaired) electrons. The molecule has 1 N–H and O–H groups in total. The molecule has 1 fully saturated rings. The van der Waals surface area contributed by atoms with E-state index in [2.05, 4.69) is 5.32 Å². The Hall–Kier alpha value is -2.04. The van der Waals surface area contributed by atoms with E-state index in [-0.39, 0.29) is 17.9 Å². The Morgan fingerprint density at radius 2 is 1.86 bits per heavy atom. The van der Waals surface area contributed by atoms with Crippen molar-refractivity contribution < 1.29 is 14.3 Å². The summed E-state index contributed by atoms with van der Waals surface area (Å²) in [6.45, 7) is 3.27. The molecule has 22 heavy (non-hydrogen) atoms. The zero-order valence-corrected chi connectivity index (χ0v) is 13.3. The van der Waals surface area contributed by atoms with Gasteiger partial charge in [-0.15, -0.1) is 0 Å². The lowest BCUT2D eigenvalue weighted by atomic mass is 10.0. The predicted octanol–water partition coefficient (Wildman–Crippen LogP) is 1.75. The van der Waals surface area contributed by atoms with Crippen molar-refractivity contribution in [1.29, 1.82) is 0 Å². The Bertz CT molecular complexity index is 505. The van der Waals surface area contributed by atoms with Gasteiger partial charge in [-0.2, -0.15) is 0 Å². The van der Waals surface area contributed by atoms with E-state index in [0.717, 1.165) is 24.2 Å². The van der Waals surface area contributed by atoms with Gasteiger partial charge in [0.1, 0.15) is 5.75 Å². The molecule has 0 atom stereocenters. The second kappa shape index (κ2) is 7.82. The van der Waals surface area contributed by atoms with Crippen LogP contribution >= 0.6 is 0 Å². The van der Waals surface area contributed by atoms with Crippen LogP contribution in [-0.4, -0.2) is 43.0 Å². The van der Waals surface area contributed by atoms with Gasteiger partial charge in [0.25, 0.3) is 0 Å². The van der Waals surface area contributed by atoms with Crippen molar-refractivity contribution in [2.75, 3.05) is 20.2 Å². The summed E-state index contributed by atoms with van der Waals surface area (Å²) >= 11 is 0. The van der Waals surface area contributed by atoms with Crippen LogP contribution in [0.4, 0.5) is 0 Å². The highest BCUT2D eigenvalue weighted by atomic mass is 16.5. The minimum atomic E-state index is 0.0861. The second-order valence-electron chi connectivity index (χ2n) is 5.60. The normalized spacial score (nSPS) is 15.5. The van der Waals surface area contributed by atoms with E-state index in [1.165, 1.54) is 0 Å². The first-order chi connectivity index (χ1) is 10.6. The lowest BCUT2D eigenvalue weighted by molar-refractivity contribution is -0.131. The zero-order chi connectivity index (χ0) is 15.9. The molecule has 0 saturated carbocycles. The Balaban J connectivity index is 1.80. The molecule has 1 aliphatic heterocycles. The lowest BCUT2D eigenvalue weighted by Crippen LogP contribution is -2.46. The summed E-state index contributed by atoms with van der Waals surface area (Å²) in [6.07, 6.45) is 2.59. The van der Waals surface area contributed by atoms with Gasteiger partial charge in [0.15, 0.2) is 0 Å². The molecule has 1 aromatic carbocycles. The molecule has 120 valence electrons. The van der Waals surface area contributed by atoms with E-state index < -0.39 is 0 Å². The largest absolute Gasteiger partial charge is 0.497 e. The van der Waals surface area contributed by atoms with Crippen LogP contribution in [0.1, 0.15) is 31.7 Å². The minimum absolute atomic E-state index is 0.0861. The number of amides is 2. The zero-order valence-electron chi connectivity index (χ0n) is 13.3. The highest BCUT2D eigenvalue weighted by Gasteiger charge is 2.23. The Labute approximate surface area is 131 Å². The van der Waals surface area contributed by atoms with Crippen molar-refractivity contribution in [3.8, 4) is 5.75 Å². The molecule has 1 aliphatic rings. The molecule has 0 aliphatic carbocycles. The number of ether oxygens (including phenoxy) is 1. The van der Waals surface area contributed by atoms with Gasteiger partial charge in [-0.3, -0.25) is 9.59 Å². The van der Waals surface area contributed by atoms with Crippen LogP contribution in [0.3, 0.4) is 0 Å². The molecule has 2 rings (SSSR count). The van der Waals surface area contributed by atoms with E-state index in [9.17, 15) is 9.59 Å². The number of nitrogens with zero attached hydrogens (tertiary/aromatic N) is 1. The van der Waals surface area contributed by atoms with Gasteiger partial charge in [0.05, 0.1) is 13.5 Å². The van der Waals surface area contributed by atoms with Gasteiger partial charge in [-0.25, -0.2) is 0 Å². The van der Waals surface area contributed by atoms with Crippen LogP contribution < -0.4 is 10.1 Å². The average molecular weight is 304 g/mol. The molecular formula is C17H24N2O3. The lowest BCUT2D eigenvalue weighted by Gasteiger charge is -2.32. The maximum absolute atomic E-state index is 12.3. The van der Waals surface area contributed by atoms with Gasteiger partial charge in [0.2, 0.25) is 11.8 Å². The van der Waals surface area contributed by atoms with Crippen molar-refractivity contribution in [2.24, 2.45) is 0 Å². The fourth-order valence-corrected chi connectivity index (χ4v) is 2.63. The first-order valence-corrected chi connectivity index (χ1v) is 7.82. The molecule has 5 heteroatoms. The number of hydrogen-bond donors (Lipinski definition) is 1. The quantitative estimate of drug-likeness (QED) is 0.901. The van der Waals surface area contributed by atoms with E-state index in [4.69, 9.17) is 4.74 Å². The van der Waals surface area contributed by atoms with E-state index >= 15 is 0 Å². The number of methoxy groups -OCH3 is 1. The van der Waals surface area contributed by atoms with Crippen molar-refractivity contribution in [3.05, 3.63) is 29.8 Å². The number of nitrogens with one attached hydrogen (secondary N) is 1. The van der Waals surface area contributed by atoms with E-state index in [0.29, 0.717) is 25.9 Å². The Morgan fingerprint density at radius 1 is 1.23 bits per heavy atom. The van der Waals surface area contributed by atoms with Gasteiger partial charge in [-0.05, 0) is 30.5 Å². The van der Waals surface area contributed by atoms with Gasteiger partial charge in [0, 0.05) is 25.6 Å². The van der Waals surface area contributed by atoms with Crippen molar-refractivity contribution >= 4 is 11.8 Å². The number of likely N-dealkylation sites (tertiary alicyclic amines) is 1. The third kappa shape index (κ3) is 4.48. The van der Waals surface area contributed by atoms with Gasteiger partial charge in [-0.1, -0.05) is 19.1 Å². The third-order valence-corrected chi connectivity index (χ3v) is 4.05. The smallest absolute Gasteiger partial charge is 0.226 e. The number of carbonyl (C=O) groups excluding carboxylic acids is 2.